The number of pyridine rings is 2. The summed E-state index contributed by atoms with van der Waals surface area (Å²) in [6.45, 7) is 0. The molecule has 0 saturated carbocycles. The van der Waals surface area contributed by atoms with Crippen molar-refractivity contribution in [3.05, 3.63) is 218 Å². The van der Waals surface area contributed by atoms with Crippen molar-refractivity contribution in [3.63, 3.8) is 0 Å². The number of rotatable bonds is 5. The van der Waals surface area contributed by atoms with Crippen LogP contribution in [0, 0.1) is 0 Å². The molecule has 6 nitrogen and oxygen atoms in total. The van der Waals surface area contributed by atoms with E-state index in [1.54, 1.807) is 0 Å². The summed E-state index contributed by atoms with van der Waals surface area (Å²) >= 11 is 0. The Bertz CT molecular complexity index is 3910. The van der Waals surface area contributed by atoms with E-state index in [1.807, 2.05) is 0 Å². The second-order valence-corrected chi connectivity index (χ2v) is 16.6. The number of para-hydroxylation sites is 6. The second-order valence-electron chi connectivity index (χ2n) is 16.6. The van der Waals surface area contributed by atoms with Crippen LogP contribution in [0.25, 0.3) is 122 Å². The summed E-state index contributed by atoms with van der Waals surface area (Å²) in [4.78, 5) is 10.9. The Hall–Kier alpha value is -8.74. The van der Waals surface area contributed by atoms with Crippen LogP contribution in [0.3, 0.4) is 0 Å². The molecule has 0 aliphatic heterocycles. The molecule has 0 aliphatic rings. The molecule has 6 heterocycles. The van der Waals surface area contributed by atoms with Crippen LogP contribution in [0.4, 0.5) is 0 Å². The van der Waals surface area contributed by atoms with Crippen LogP contribution in [0.5, 0.6) is 0 Å². The molecule has 298 valence electrons. The van der Waals surface area contributed by atoms with Crippen molar-refractivity contribution in [3.8, 4) is 34.4 Å². The maximum atomic E-state index is 5.43. The van der Waals surface area contributed by atoms with Gasteiger partial charge in [-0.1, -0.05) is 133 Å². The number of benzene rings is 8. The Morgan fingerprint density at radius 2 is 0.594 bits per heavy atom. The van der Waals surface area contributed by atoms with Crippen LogP contribution in [-0.2, 0) is 0 Å². The minimum absolute atomic E-state index is 0.803. The third kappa shape index (κ3) is 4.85. The van der Waals surface area contributed by atoms with Gasteiger partial charge in [-0.25, -0.2) is 9.97 Å². The average Bonchev–Trinajstić information content (AvgIpc) is 4.09. The molecule has 0 spiro atoms. The van der Waals surface area contributed by atoms with E-state index < -0.39 is 0 Å². The average molecular weight is 817 g/mol. The molecule has 0 bridgehead atoms. The lowest BCUT2D eigenvalue weighted by Crippen LogP contribution is -2.01. The summed E-state index contributed by atoms with van der Waals surface area (Å²) in [7, 11) is 0. The molecule has 0 radical (unpaired) electrons. The van der Waals surface area contributed by atoms with Crippen LogP contribution in [0.1, 0.15) is 0 Å². The van der Waals surface area contributed by atoms with Gasteiger partial charge in [0.25, 0.3) is 0 Å². The first-order chi connectivity index (χ1) is 31.8. The van der Waals surface area contributed by atoms with Gasteiger partial charge in [0.05, 0.1) is 55.5 Å². The topological polar surface area (TPSA) is 45.5 Å². The highest BCUT2D eigenvalue weighted by molar-refractivity contribution is 6.27. The highest BCUT2D eigenvalue weighted by Gasteiger charge is 2.23. The van der Waals surface area contributed by atoms with Gasteiger partial charge >= 0.3 is 0 Å². The summed E-state index contributed by atoms with van der Waals surface area (Å²) in [5, 5.41) is 9.69. The Labute approximate surface area is 366 Å². The molecule has 8 aromatic carbocycles. The number of hydrogen-bond acceptors (Lipinski definition) is 2. The molecule has 0 amide bonds. The van der Waals surface area contributed by atoms with Crippen LogP contribution in [-0.4, -0.2) is 28.2 Å². The van der Waals surface area contributed by atoms with E-state index in [-0.39, 0.29) is 0 Å². The number of fused-ring (bicyclic) bond motifs is 14. The molecule has 6 heteroatoms. The third-order valence-corrected chi connectivity index (χ3v) is 13.2. The smallest absolute Gasteiger partial charge is 0.138 e. The van der Waals surface area contributed by atoms with E-state index in [4.69, 9.17) is 9.97 Å². The first-order valence-corrected chi connectivity index (χ1v) is 21.8. The van der Waals surface area contributed by atoms with Gasteiger partial charge in [0.2, 0.25) is 0 Å². The summed E-state index contributed by atoms with van der Waals surface area (Å²) in [6, 6.07) is 77.9. The Morgan fingerprint density at radius 1 is 0.234 bits per heavy atom. The van der Waals surface area contributed by atoms with Crippen molar-refractivity contribution in [1.29, 1.82) is 0 Å². The van der Waals surface area contributed by atoms with E-state index in [2.05, 4.69) is 237 Å². The van der Waals surface area contributed by atoms with Gasteiger partial charge in [-0.2, -0.15) is 0 Å². The molecule has 64 heavy (non-hydrogen) atoms. The van der Waals surface area contributed by atoms with Crippen LogP contribution >= 0.6 is 0 Å². The third-order valence-electron chi connectivity index (χ3n) is 13.2. The normalized spacial score (nSPS) is 12.1. The lowest BCUT2D eigenvalue weighted by molar-refractivity contribution is 1.06. The fourth-order valence-electron chi connectivity index (χ4n) is 10.6. The SMILES string of the molecule is c1ccc(-n2c3ccccc3c3ccc4c(c5ccccc5n4-c4cccc(-c5cccc(-n6c7ccccc7c7c6ccc6c8ccccc8n(-c8ccccc8)c67)n5)n4)c32)cc1. The highest BCUT2D eigenvalue weighted by atomic mass is 15.1. The molecular weight excluding hydrogens is 781 g/mol. The molecule has 0 aliphatic carbocycles. The maximum absolute atomic E-state index is 5.43. The number of nitrogens with zero attached hydrogens (tertiary/aromatic N) is 6. The van der Waals surface area contributed by atoms with Crippen molar-refractivity contribution >= 4 is 87.2 Å². The molecular formula is C58H36N6. The first-order valence-electron chi connectivity index (χ1n) is 21.8. The first kappa shape index (κ1) is 34.9. The van der Waals surface area contributed by atoms with Gasteiger partial charge in [-0.15, -0.1) is 0 Å². The summed E-state index contributed by atoms with van der Waals surface area (Å²) in [5.74, 6) is 1.68. The lowest BCUT2D eigenvalue weighted by atomic mass is 10.1. The fourth-order valence-corrected chi connectivity index (χ4v) is 10.6. The molecule has 0 atom stereocenters. The number of aromatic nitrogens is 6. The van der Waals surface area contributed by atoms with Gasteiger partial charge in [-0.3, -0.25) is 9.13 Å². The van der Waals surface area contributed by atoms with Crippen molar-refractivity contribution in [2.75, 3.05) is 0 Å². The molecule has 0 fully saturated rings. The largest absolute Gasteiger partial charge is 0.309 e. The zero-order valence-corrected chi connectivity index (χ0v) is 34.5. The fraction of sp³-hybridized carbons (Fsp3) is 0. The van der Waals surface area contributed by atoms with E-state index >= 15 is 0 Å². The molecule has 0 unspecified atom stereocenters. The van der Waals surface area contributed by atoms with E-state index in [0.29, 0.717) is 0 Å². The quantitative estimate of drug-likeness (QED) is 0.174. The lowest BCUT2D eigenvalue weighted by Gasteiger charge is -2.12. The zero-order valence-electron chi connectivity index (χ0n) is 34.5. The molecule has 14 rings (SSSR count). The van der Waals surface area contributed by atoms with Crippen molar-refractivity contribution in [2.24, 2.45) is 0 Å². The Kier molecular flexibility index (Phi) is 7.30. The molecule has 6 aromatic heterocycles. The summed E-state index contributed by atoms with van der Waals surface area (Å²) in [5.41, 5.74) is 13.0. The maximum Gasteiger partial charge on any atom is 0.138 e. The van der Waals surface area contributed by atoms with Gasteiger partial charge in [0.15, 0.2) is 0 Å². The minimum atomic E-state index is 0.803. The van der Waals surface area contributed by atoms with Crippen LogP contribution in [0.15, 0.2) is 218 Å². The summed E-state index contributed by atoms with van der Waals surface area (Å²) < 4.78 is 9.47. The van der Waals surface area contributed by atoms with Crippen molar-refractivity contribution < 1.29 is 0 Å². The van der Waals surface area contributed by atoms with Crippen molar-refractivity contribution in [2.45, 2.75) is 0 Å². The monoisotopic (exact) mass is 816 g/mol. The van der Waals surface area contributed by atoms with Gasteiger partial charge in [-0.05, 0) is 84.9 Å². The predicted octanol–water partition coefficient (Wildman–Crippen LogP) is 14.5. The van der Waals surface area contributed by atoms with Gasteiger partial charge in [0.1, 0.15) is 11.6 Å². The predicted molar refractivity (Wildman–Crippen MR) is 265 cm³/mol. The van der Waals surface area contributed by atoms with Gasteiger partial charge in [0, 0.05) is 54.5 Å². The summed E-state index contributed by atoms with van der Waals surface area (Å²) in [6.07, 6.45) is 0. The van der Waals surface area contributed by atoms with E-state index in [1.165, 1.54) is 65.2 Å². The van der Waals surface area contributed by atoms with E-state index in [0.717, 1.165) is 56.5 Å². The van der Waals surface area contributed by atoms with Crippen molar-refractivity contribution in [1.82, 2.24) is 28.2 Å². The number of hydrogen-bond donors (Lipinski definition) is 0. The molecule has 14 aromatic rings. The Morgan fingerprint density at radius 3 is 1.02 bits per heavy atom. The van der Waals surface area contributed by atoms with Crippen LogP contribution < -0.4 is 0 Å². The zero-order chi connectivity index (χ0) is 41.9. The minimum Gasteiger partial charge on any atom is -0.309 e. The van der Waals surface area contributed by atoms with Crippen LogP contribution in [0.2, 0.25) is 0 Å². The van der Waals surface area contributed by atoms with E-state index in [9.17, 15) is 0 Å². The molecule has 0 N–H and O–H groups in total. The van der Waals surface area contributed by atoms with Gasteiger partial charge < -0.3 is 9.13 Å². The highest BCUT2D eigenvalue weighted by Crippen LogP contribution is 2.44. The standard InChI is InChI=1S/C58H36N6/c1-3-17-37(18-4-1)61-47-27-11-7-21-39(47)41-33-35-51-55(57(41)61)43-23-9-13-29-49(43)63(51)53-31-15-25-45(59-53)46-26-16-32-54(60-46)64-50-30-14-10-24-44(50)56-52(64)36-34-42-40-22-8-12-28-48(40)62(58(42)56)38-19-5-2-6-20-38/h1-36H. The second kappa shape index (κ2) is 13.4. The molecule has 0 saturated heterocycles. The Balaban J connectivity index is 0.973.